The van der Waals surface area contributed by atoms with Gasteiger partial charge >= 0.3 is 0 Å². The van der Waals surface area contributed by atoms with E-state index in [0.717, 1.165) is 12.8 Å². The Hall–Kier alpha value is -0.520. The molecule has 10 heavy (non-hydrogen) atoms. The second-order valence-corrected chi connectivity index (χ2v) is 2.57. The molecule has 0 aromatic rings. The van der Waals surface area contributed by atoms with Gasteiger partial charge < -0.3 is 0 Å². The average molecular weight is 138 g/mol. The summed E-state index contributed by atoms with van der Waals surface area (Å²) in [6, 6.07) is 0. The molecule has 0 bridgehead atoms. The van der Waals surface area contributed by atoms with Crippen LogP contribution in [0.2, 0.25) is 0 Å². The maximum Gasteiger partial charge on any atom is -0.0285 e. The number of allylic oxidation sites excluding steroid dienone is 3. The van der Waals surface area contributed by atoms with Crippen LogP contribution in [0.15, 0.2) is 24.3 Å². The van der Waals surface area contributed by atoms with Gasteiger partial charge in [-0.15, -0.1) is 0 Å². The predicted octanol–water partition coefficient (Wildman–Crippen LogP) is 3.70. The highest BCUT2D eigenvalue weighted by Crippen LogP contribution is 2.05. The number of hydrogen-bond acceptors (Lipinski definition) is 0. The van der Waals surface area contributed by atoms with Crippen molar-refractivity contribution in [2.24, 2.45) is 0 Å². The minimum atomic E-state index is 1.12. The van der Waals surface area contributed by atoms with Gasteiger partial charge in [-0.25, -0.2) is 0 Å². The van der Waals surface area contributed by atoms with Crippen LogP contribution < -0.4 is 0 Å². The summed E-state index contributed by atoms with van der Waals surface area (Å²) in [5.41, 5.74) is 1.27. The van der Waals surface area contributed by atoms with Crippen molar-refractivity contribution in [3.05, 3.63) is 24.3 Å². The van der Waals surface area contributed by atoms with E-state index in [0.29, 0.717) is 0 Å². The Morgan fingerprint density at radius 1 is 1.40 bits per heavy atom. The largest absolute Gasteiger partial charge is 0.0958 e. The zero-order valence-electron chi connectivity index (χ0n) is 7.19. The summed E-state index contributed by atoms with van der Waals surface area (Å²) in [5.74, 6) is 0. The maximum absolute atomic E-state index is 3.94. The standard InChI is InChI=1S/C10H18/c1-4-6-8-10(3)9-7-5-2/h6,8H,3-5,7,9H2,1-2H3. The van der Waals surface area contributed by atoms with Crippen LogP contribution in [0.25, 0.3) is 0 Å². The van der Waals surface area contributed by atoms with Crippen molar-refractivity contribution in [1.29, 1.82) is 0 Å². The Kier molecular flexibility index (Phi) is 6.25. The number of rotatable bonds is 5. The highest BCUT2D eigenvalue weighted by Gasteiger charge is 1.85. The van der Waals surface area contributed by atoms with Gasteiger partial charge in [0.15, 0.2) is 0 Å². The molecule has 0 nitrogen and oxygen atoms in total. The molecule has 0 unspecified atom stereocenters. The lowest BCUT2D eigenvalue weighted by atomic mass is 10.1. The minimum absolute atomic E-state index is 1.12. The Bertz CT molecular complexity index is 109. The van der Waals surface area contributed by atoms with Crippen molar-refractivity contribution in [3.8, 4) is 0 Å². The van der Waals surface area contributed by atoms with Crippen LogP contribution >= 0.6 is 0 Å². The molecule has 0 atom stereocenters. The first-order valence-electron chi connectivity index (χ1n) is 4.15. The molecule has 0 fully saturated rings. The minimum Gasteiger partial charge on any atom is -0.0958 e. The van der Waals surface area contributed by atoms with E-state index in [1.54, 1.807) is 0 Å². The van der Waals surface area contributed by atoms with E-state index >= 15 is 0 Å². The first kappa shape index (κ1) is 9.48. The summed E-state index contributed by atoms with van der Waals surface area (Å²) in [7, 11) is 0. The van der Waals surface area contributed by atoms with Gasteiger partial charge in [-0.2, -0.15) is 0 Å². The molecule has 0 N–H and O–H groups in total. The molecular formula is C10H18. The molecule has 0 aliphatic heterocycles. The summed E-state index contributed by atoms with van der Waals surface area (Å²) >= 11 is 0. The molecule has 0 saturated carbocycles. The van der Waals surface area contributed by atoms with Crippen LogP contribution in [-0.4, -0.2) is 0 Å². The summed E-state index contributed by atoms with van der Waals surface area (Å²) in [5, 5.41) is 0. The molecule has 0 aromatic carbocycles. The van der Waals surface area contributed by atoms with Crippen LogP contribution in [0.4, 0.5) is 0 Å². The van der Waals surface area contributed by atoms with Gasteiger partial charge in [-0.05, 0) is 19.3 Å². The second kappa shape index (κ2) is 6.60. The monoisotopic (exact) mass is 138 g/mol. The predicted molar refractivity (Wildman–Crippen MR) is 48.1 cm³/mol. The molecule has 0 aromatic heterocycles. The third-order valence-electron chi connectivity index (χ3n) is 1.44. The smallest absolute Gasteiger partial charge is 0.0285 e. The lowest BCUT2D eigenvalue weighted by Gasteiger charge is -1.95. The maximum atomic E-state index is 3.94. The van der Waals surface area contributed by atoms with E-state index in [4.69, 9.17) is 0 Å². The molecule has 0 heterocycles. The van der Waals surface area contributed by atoms with E-state index in [9.17, 15) is 0 Å². The molecule has 58 valence electrons. The van der Waals surface area contributed by atoms with Crippen molar-refractivity contribution in [2.45, 2.75) is 39.5 Å². The van der Waals surface area contributed by atoms with Gasteiger partial charge in [-0.3, -0.25) is 0 Å². The highest BCUT2D eigenvalue weighted by atomic mass is 13.9. The molecule has 0 rings (SSSR count). The average Bonchev–Trinajstić information content (AvgIpc) is 1.97. The summed E-state index contributed by atoms with van der Waals surface area (Å²) < 4.78 is 0. The first-order valence-corrected chi connectivity index (χ1v) is 4.15. The van der Waals surface area contributed by atoms with Crippen LogP contribution in [-0.2, 0) is 0 Å². The Balaban J connectivity index is 3.34. The van der Waals surface area contributed by atoms with E-state index in [2.05, 4.69) is 32.6 Å². The van der Waals surface area contributed by atoms with Crippen LogP contribution in [0.3, 0.4) is 0 Å². The number of hydrogen-bond donors (Lipinski definition) is 0. The molecular weight excluding hydrogens is 120 g/mol. The topological polar surface area (TPSA) is 0 Å². The lowest BCUT2D eigenvalue weighted by Crippen LogP contribution is -1.75. The highest BCUT2D eigenvalue weighted by molar-refractivity contribution is 5.13. The molecule has 0 radical (unpaired) electrons. The van der Waals surface area contributed by atoms with Gasteiger partial charge in [0.1, 0.15) is 0 Å². The summed E-state index contributed by atoms with van der Waals surface area (Å²) in [6.45, 7) is 8.29. The zero-order chi connectivity index (χ0) is 7.82. The third kappa shape index (κ3) is 5.61. The van der Waals surface area contributed by atoms with Gasteiger partial charge in [0, 0.05) is 0 Å². The van der Waals surface area contributed by atoms with Crippen molar-refractivity contribution >= 4 is 0 Å². The van der Waals surface area contributed by atoms with Crippen LogP contribution in [0, 0.1) is 0 Å². The quantitative estimate of drug-likeness (QED) is 0.508. The molecule has 0 amide bonds. The second-order valence-electron chi connectivity index (χ2n) is 2.57. The summed E-state index contributed by atoms with van der Waals surface area (Å²) in [4.78, 5) is 0. The lowest BCUT2D eigenvalue weighted by molar-refractivity contribution is 0.799. The Morgan fingerprint density at radius 2 is 2.10 bits per heavy atom. The molecule has 0 heteroatoms. The van der Waals surface area contributed by atoms with Crippen LogP contribution in [0.5, 0.6) is 0 Å². The zero-order valence-corrected chi connectivity index (χ0v) is 7.19. The Labute approximate surface area is 64.6 Å². The third-order valence-corrected chi connectivity index (χ3v) is 1.44. The van der Waals surface area contributed by atoms with E-state index in [1.165, 1.54) is 18.4 Å². The summed E-state index contributed by atoms with van der Waals surface area (Å²) in [6.07, 6.45) is 9.11. The van der Waals surface area contributed by atoms with Crippen molar-refractivity contribution in [2.75, 3.05) is 0 Å². The van der Waals surface area contributed by atoms with E-state index in [1.807, 2.05) is 0 Å². The molecule has 0 aliphatic carbocycles. The van der Waals surface area contributed by atoms with Gasteiger partial charge in [0.25, 0.3) is 0 Å². The first-order chi connectivity index (χ1) is 4.81. The van der Waals surface area contributed by atoms with E-state index < -0.39 is 0 Å². The van der Waals surface area contributed by atoms with E-state index in [-0.39, 0.29) is 0 Å². The van der Waals surface area contributed by atoms with Gasteiger partial charge in [0.05, 0.1) is 0 Å². The van der Waals surface area contributed by atoms with Gasteiger partial charge in [0.2, 0.25) is 0 Å². The fraction of sp³-hybridized carbons (Fsp3) is 0.600. The van der Waals surface area contributed by atoms with Crippen molar-refractivity contribution < 1.29 is 0 Å². The fourth-order valence-corrected chi connectivity index (χ4v) is 0.772. The molecule has 0 aliphatic rings. The fourth-order valence-electron chi connectivity index (χ4n) is 0.772. The van der Waals surface area contributed by atoms with Crippen molar-refractivity contribution in [3.63, 3.8) is 0 Å². The molecule has 0 saturated heterocycles. The number of unbranched alkanes of at least 4 members (excludes halogenated alkanes) is 1. The van der Waals surface area contributed by atoms with Crippen LogP contribution in [0.1, 0.15) is 39.5 Å². The van der Waals surface area contributed by atoms with Crippen molar-refractivity contribution in [1.82, 2.24) is 0 Å². The SMILES string of the molecule is C=C(C=CCC)CCCC. The normalized spacial score (nSPS) is 10.6. The van der Waals surface area contributed by atoms with Gasteiger partial charge in [-0.1, -0.05) is 44.6 Å². The Morgan fingerprint density at radius 3 is 2.60 bits per heavy atom. The molecule has 0 spiro atoms.